The third-order valence-corrected chi connectivity index (χ3v) is 3.81. The van der Waals surface area contributed by atoms with Crippen LogP contribution in [0.5, 0.6) is 5.75 Å². The Morgan fingerprint density at radius 3 is 2.24 bits per heavy atom. The molecule has 152 valence electrons. The Balaban J connectivity index is 2.06. The predicted molar refractivity (Wildman–Crippen MR) is 97.8 cm³/mol. The molecule has 0 radical (unpaired) electrons. The van der Waals surface area contributed by atoms with E-state index in [9.17, 15) is 27.9 Å². The number of nitrogens with one attached hydrogen (secondary N) is 3. The zero-order valence-corrected chi connectivity index (χ0v) is 15.0. The summed E-state index contributed by atoms with van der Waals surface area (Å²) < 4.78 is 37.8. The van der Waals surface area contributed by atoms with Crippen LogP contribution in [0.3, 0.4) is 0 Å². The van der Waals surface area contributed by atoms with E-state index in [1.807, 2.05) is 0 Å². The molecule has 2 aromatic rings. The first kappa shape index (κ1) is 21.6. The zero-order chi connectivity index (χ0) is 21.4. The standard InChI is InChI=1S/C19H17F3N4O3/c20-19(21,22)13-3-5-14(6-4-13)25-18(29)26-16(17(28)24-10-9-23)11-12-1-7-15(27)8-2-12/h1-8,16,27H,10-11H2,(H,24,28)(H2,25,26,29). The normalized spacial score (nSPS) is 11.8. The van der Waals surface area contributed by atoms with Crippen LogP contribution in [-0.4, -0.2) is 29.6 Å². The monoisotopic (exact) mass is 406 g/mol. The molecule has 4 N–H and O–H groups in total. The number of anilines is 1. The molecule has 29 heavy (non-hydrogen) atoms. The van der Waals surface area contributed by atoms with Gasteiger partial charge in [-0.15, -0.1) is 0 Å². The molecule has 0 aromatic heterocycles. The molecular weight excluding hydrogens is 389 g/mol. The second-order valence-electron chi connectivity index (χ2n) is 5.97. The minimum Gasteiger partial charge on any atom is -0.508 e. The maximum atomic E-state index is 12.6. The first-order chi connectivity index (χ1) is 13.7. The van der Waals surface area contributed by atoms with Crippen LogP contribution < -0.4 is 16.0 Å². The van der Waals surface area contributed by atoms with Gasteiger partial charge in [-0.05, 0) is 42.0 Å². The number of rotatable bonds is 6. The number of urea groups is 1. The topological polar surface area (TPSA) is 114 Å². The third-order valence-electron chi connectivity index (χ3n) is 3.81. The Bertz CT molecular complexity index is 891. The first-order valence-electron chi connectivity index (χ1n) is 8.36. The lowest BCUT2D eigenvalue weighted by Gasteiger charge is -2.18. The van der Waals surface area contributed by atoms with Gasteiger partial charge in [-0.3, -0.25) is 4.79 Å². The molecule has 0 fully saturated rings. The van der Waals surface area contributed by atoms with Crippen LogP contribution in [0, 0.1) is 11.3 Å². The minimum absolute atomic E-state index is 0.0345. The molecular formula is C19H17F3N4O3. The number of hydrogen-bond donors (Lipinski definition) is 4. The van der Waals surface area contributed by atoms with Gasteiger partial charge in [0.2, 0.25) is 5.91 Å². The molecule has 0 saturated carbocycles. The predicted octanol–water partition coefficient (Wildman–Crippen LogP) is 2.78. The van der Waals surface area contributed by atoms with E-state index in [1.54, 1.807) is 18.2 Å². The molecule has 0 aliphatic carbocycles. The molecule has 0 aliphatic rings. The van der Waals surface area contributed by atoms with Gasteiger partial charge < -0.3 is 21.1 Å². The van der Waals surface area contributed by atoms with Crippen LogP contribution in [0.4, 0.5) is 23.7 Å². The number of aromatic hydroxyl groups is 1. The van der Waals surface area contributed by atoms with Crippen LogP contribution in [-0.2, 0) is 17.4 Å². The Kier molecular flexibility index (Phi) is 7.03. The SMILES string of the molecule is N#CCNC(=O)C(Cc1ccc(O)cc1)NC(=O)Nc1ccc(C(F)(F)F)cc1. The lowest BCUT2D eigenvalue weighted by Crippen LogP contribution is -2.49. The van der Waals surface area contributed by atoms with Crippen molar-refractivity contribution in [1.29, 1.82) is 5.26 Å². The van der Waals surface area contributed by atoms with Crippen molar-refractivity contribution in [2.45, 2.75) is 18.6 Å². The number of amides is 3. The summed E-state index contributed by atoms with van der Waals surface area (Å²) >= 11 is 0. The van der Waals surface area contributed by atoms with Gasteiger partial charge in [0.05, 0.1) is 11.6 Å². The van der Waals surface area contributed by atoms with E-state index >= 15 is 0 Å². The van der Waals surface area contributed by atoms with Crippen molar-refractivity contribution in [3.8, 4) is 11.8 Å². The maximum Gasteiger partial charge on any atom is 0.416 e. The molecule has 0 aliphatic heterocycles. The Hall–Kier alpha value is -3.74. The van der Waals surface area contributed by atoms with E-state index < -0.39 is 29.7 Å². The summed E-state index contributed by atoms with van der Waals surface area (Å²) in [4.78, 5) is 24.4. The molecule has 0 heterocycles. The van der Waals surface area contributed by atoms with Crippen LogP contribution in [0.25, 0.3) is 0 Å². The molecule has 2 aromatic carbocycles. The van der Waals surface area contributed by atoms with Crippen LogP contribution in [0.2, 0.25) is 0 Å². The van der Waals surface area contributed by atoms with E-state index in [-0.39, 0.29) is 24.4 Å². The van der Waals surface area contributed by atoms with Crippen molar-refractivity contribution in [1.82, 2.24) is 10.6 Å². The zero-order valence-electron chi connectivity index (χ0n) is 15.0. The number of alkyl halides is 3. The number of hydrogen-bond acceptors (Lipinski definition) is 4. The summed E-state index contributed by atoms with van der Waals surface area (Å²) in [6.45, 7) is -0.257. The molecule has 1 atom stereocenters. The van der Waals surface area contributed by atoms with Crippen LogP contribution in [0.15, 0.2) is 48.5 Å². The number of nitriles is 1. The fourth-order valence-electron chi connectivity index (χ4n) is 2.39. The van der Waals surface area contributed by atoms with Gasteiger partial charge in [-0.2, -0.15) is 18.4 Å². The fraction of sp³-hybridized carbons (Fsp3) is 0.211. The van der Waals surface area contributed by atoms with Gasteiger partial charge in [0.25, 0.3) is 0 Å². The average molecular weight is 406 g/mol. The molecule has 3 amide bonds. The lowest BCUT2D eigenvalue weighted by atomic mass is 10.1. The number of nitrogens with zero attached hydrogens (tertiary/aromatic N) is 1. The van der Waals surface area contributed by atoms with E-state index in [2.05, 4.69) is 16.0 Å². The van der Waals surface area contributed by atoms with Gasteiger partial charge in [-0.25, -0.2) is 4.79 Å². The molecule has 2 rings (SSSR count). The highest BCUT2D eigenvalue weighted by molar-refractivity contribution is 5.93. The third kappa shape index (κ3) is 6.73. The number of halogens is 3. The average Bonchev–Trinajstić information content (AvgIpc) is 2.67. The highest BCUT2D eigenvalue weighted by atomic mass is 19.4. The summed E-state index contributed by atoms with van der Waals surface area (Å²) in [5.74, 6) is -0.575. The number of phenols is 1. The number of phenolic OH excluding ortho intramolecular Hbond substituents is 1. The highest BCUT2D eigenvalue weighted by Gasteiger charge is 2.30. The molecule has 0 spiro atoms. The smallest absolute Gasteiger partial charge is 0.416 e. The molecule has 7 nitrogen and oxygen atoms in total. The number of carbonyl (C=O) groups excluding carboxylic acids is 2. The highest BCUT2D eigenvalue weighted by Crippen LogP contribution is 2.29. The van der Waals surface area contributed by atoms with Crippen molar-refractivity contribution < 1.29 is 27.9 Å². The Morgan fingerprint density at radius 2 is 1.69 bits per heavy atom. The first-order valence-corrected chi connectivity index (χ1v) is 8.36. The van der Waals surface area contributed by atoms with Crippen molar-refractivity contribution in [2.75, 3.05) is 11.9 Å². The van der Waals surface area contributed by atoms with E-state index in [4.69, 9.17) is 5.26 Å². The van der Waals surface area contributed by atoms with Crippen molar-refractivity contribution in [3.05, 3.63) is 59.7 Å². The van der Waals surface area contributed by atoms with Gasteiger partial charge in [0.15, 0.2) is 0 Å². The second-order valence-corrected chi connectivity index (χ2v) is 5.97. The van der Waals surface area contributed by atoms with E-state index in [1.165, 1.54) is 12.1 Å². The van der Waals surface area contributed by atoms with Crippen LogP contribution >= 0.6 is 0 Å². The summed E-state index contributed by atoms with van der Waals surface area (Å²) in [5.41, 5.74) is -0.115. The fourth-order valence-corrected chi connectivity index (χ4v) is 2.39. The minimum atomic E-state index is -4.49. The van der Waals surface area contributed by atoms with E-state index in [0.717, 1.165) is 24.3 Å². The largest absolute Gasteiger partial charge is 0.508 e. The molecule has 0 saturated heterocycles. The Morgan fingerprint density at radius 1 is 1.07 bits per heavy atom. The number of benzene rings is 2. The van der Waals surface area contributed by atoms with Gasteiger partial charge in [-0.1, -0.05) is 12.1 Å². The summed E-state index contributed by atoms with van der Waals surface area (Å²) in [5, 5.41) is 25.1. The van der Waals surface area contributed by atoms with Crippen molar-refractivity contribution in [2.24, 2.45) is 0 Å². The van der Waals surface area contributed by atoms with Crippen molar-refractivity contribution in [3.63, 3.8) is 0 Å². The maximum absolute atomic E-state index is 12.6. The molecule has 10 heteroatoms. The Labute approximate surface area is 164 Å². The van der Waals surface area contributed by atoms with Gasteiger partial charge in [0, 0.05) is 12.1 Å². The molecule has 1 unspecified atom stereocenters. The van der Waals surface area contributed by atoms with Gasteiger partial charge >= 0.3 is 12.2 Å². The lowest BCUT2D eigenvalue weighted by molar-refractivity contribution is -0.137. The van der Waals surface area contributed by atoms with Crippen LogP contribution in [0.1, 0.15) is 11.1 Å². The van der Waals surface area contributed by atoms with Crippen molar-refractivity contribution >= 4 is 17.6 Å². The summed E-state index contributed by atoms with van der Waals surface area (Å²) in [6, 6.07) is 9.68. The number of carbonyl (C=O) groups is 2. The summed E-state index contributed by atoms with van der Waals surface area (Å²) in [6.07, 6.45) is -4.42. The van der Waals surface area contributed by atoms with Gasteiger partial charge in [0.1, 0.15) is 18.3 Å². The molecule has 0 bridgehead atoms. The summed E-state index contributed by atoms with van der Waals surface area (Å²) in [7, 11) is 0. The second kappa shape index (κ2) is 9.45. The van der Waals surface area contributed by atoms with E-state index in [0.29, 0.717) is 5.56 Å². The quantitative estimate of drug-likeness (QED) is 0.552.